The molecule has 2 aromatic heterocycles. The van der Waals surface area contributed by atoms with E-state index in [0.717, 1.165) is 16.3 Å². The highest BCUT2D eigenvalue weighted by Gasteiger charge is 2.15. The molecule has 27 heavy (non-hydrogen) atoms. The van der Waals surface area contributed by atoms with E-state index in [-0.39, 0.29) is 16.8 Å². The summed E-state index contributed by atoms with van der Waals surface area (Å²) in [6.45, 7) is 2.17. The Morgan fingerprint density at radius 3 is 2.67 bits per heavy atom. The second-order valence-electron chi connectivity index (χ2n) is 5.72. The highest BCUT2D eigenvalue weighted by atomic mass is 32.2. The van der Waals surface area contributed by atoms with Crippen molar-refractivity contribution in [1.82, 2.24) is 19.9 Å². The van der Waals surface area contributed by atoms with Gasteiger partial charge in [-0.3, -0.25) is 19.5 Å². The third kappa shape index (κ3) is 4.91. The molecule has 9 heteroatoms. The van der Waals surface area contributed by atoms with Crippen LogP contribution in [0.2, 0.25) is 0 Å². The number of carbonyl (C=O) groups excluding carboxylic acids is 1. The zero-order valence-electron chi connectivity index (χ0n) is 14.5. The predicted octanol–water partition coefficient (Wildman–Crippen LogP) is 2.97. The molecule has 3 rings (SSSR count). The van der Waals surface area contributed by atoms with Gasteiger partial charge in [-0.2, -0.15) is 0 Å². The number of amides is 1. The van der Waals surface area contributed by atoms with Gasteiger partial charge in [0.05, 0.1) is 10.2 Å². The van der Waals surface area contributed by atoms with E-state index in [1.165, 1.54) is 23.9 Å². The number of benzene rings is 1. The van der Waals surface area contributed by atoms with Gasteiger partial charge in [0.2, 0.25) is 5.91 Å². The molecule has 3 aromatic rings. The minimum absolute atomic E-state index is 0.0306. The van der Waals surface area contributed by atoms with Crippen molar-refractivity contribution in [1.29, 1.82) is 0 Å². The number of carbonyl (C=O) groups is 1. The van der Waals surface area contributed by atoms with Gasteiger partial charge >= 0.3 is 0 Å². The molecule has 0 bridgehead atoms. The predicted molar refractivity (Wildman–Crippen MR) is 102 cm³/mol. The number of non-ortho nitro benzene ring substituents is 1. The normalized spacial score (nSPS) is 11.7. The minimum atomic E-state index is -0.448. The number of nitro groups is 1. The third-order valence-electron chi connectivity index (χ3n) is 3.77. The second-order valence-corrected chi connectivity index (χ2v) is 7.14. The smallest absolute Gasteiger partial charge is 0.269 e. The van der Waals surface area contributed by atoms with Crippen LogP contribution >= 0.6 is 11.8 Å². The van der Waals surface area contributed by atoms with E-state index in [0.29, 0.717) is 6.54 Å². The van der Waals surface area contributed by atoms with Crippen molar-refractivity contribution in [3.63, 3.8) is 0 Å². The van der Waals surface area contributed by atoms with E-state index >= 15 is 0 Å². The molecule has 1 N–H and O–H groups in total. The number of imidazole rings is 1. The van der Waals surface area contributed by atoms with E-state index in [4.69, 9.17) is 0 Å². The van der Waals surface area contributed by atoms with Gasteiger partial charge in [0.15, 0.2) is 0 Å². The lowest BCUT2D eigenvalue weighted by Crippen LogP contribution is -2.30. The number of nitrogens with one attached hydrogen (secondary N) is 1. The Labute approximate surface area is 159 Å². The van der Waals surface area contributed by atoms with Crippen LogP contribution in [0.3, 0.4) is 0 Å². The van der Waals surface area contributed by atoms with Crippen LogP contribution in [-0.4, -0.2) is 30.6 Å². The molecule has 0 aliphatic rings. The molecule has 8 nitrogen and oxygen atoms in total. The van der Waals surface area contributed by atoms with Crippen LogP contribution in [0.4, 0.5) is 5.69 Å². The fraction of sp³-hybridized carbons (Fsp3) is 0.167. The average molecular weight is 383 g/mol. The lowest BCUT2D eigenvalue weighted by molar-refractivity contribution is -0.384. The first-order valence-corrected chi connectivity index (χ1v) is 9.03. The van der Waals surface area contributed by atoms with Crippen LogP contribution in [0, 0.1) is 10.1 Å². The lowest BCUT2D eigenvalue weighted by atomic mass is 10.2. The molecule has 1 unspecified atom stereocenters. The monoisotopic (exact) mass is 383 g/mol. The summed E-state index contributed by atoms with van der Waals surface area (Å²) in [5.41, 5.74) is 0.919. The van der Waals surface area contributed by atoms with Crippen LogP contribution in [0.1, 0.15) is 12.5 Å². The van der Waals surface area contributed by atoms with Crippen molar-refractivity contribution in [2.24, 2.45) is 0 Å². The summed E-state index contributed by atoms with van der Waals surface area (Å²) in [5, 5.41) is 13.2. The summed E-state index contributed by atoms with van der Waals surface area (Å²) in [6.07, 6.45) is 6.87. The van der Waals surface area contributed by atoms with Gasteiger partial charge in [0.25, 0.3) is 5.69 Å². The van der Waals surface area contributed by atoms with Crippen LogP contribution in [0.15, 0.2) is 66.2 Å². The van der Waals surface area contributed by atoms with E-state index in [9.17, 15) is 14.9 Å². The van der Waals surface area contributed by atoms with Crippen LogP contribution in [0.25, 0.3) is 5.82 Å². The van der Waals surface area contributed by atoms with E-state index in [1.54, 1.807) is 48.5 Å². The summed E-state index contributed by atoms with van der Waals surface area (Å²) in [6, 6.07) is 9.91. The standard InChI is InChI=1S/C18H17N5O3S/c1-13(27-16-5-3-15(4-6-16)23(25)26)18(24)21-11-14-2-7-17(20-10-14)22-9-8-19-12-22/h2-10,12-13H,11H2,1H3,(H,21,24). The lowest BCUT2D eigenvalue weighted by Gasteiger charge is -2.12. The molecular formula is C18H17N5O3S. The van der Waals surface area contributed by atoms with Crippen molar-refractivity contribution in [3.8, 4) is 5.82 Å². The van der Waals surface area contributed by atoms with Crippen molar-refractivity contribution in [3.05, 3.63) is 77.0 Å². The number of nitrogens with zero attached hydrogens (tertiary/aromatic N) is 4. The number of thioether (sulfide) groups is 1. The second kappa shape index (κ2) is 8.45. The van der Waals surface area contributed by atoms with Crippen molar-refractivity contribution in [2.75, 3.05) is 0 Å². The molecule has 1 atom stereocenters. The molecule has 0 spiro atoms. The molecule has 0 saturated carbocycles. The first-order valence-electron chi connectivity index (χ1n) is 8.15. The highest BCUT2D eigenvalue weighted by Crippen LogP contribution is 2.25. The Bertz CT molecular complexity index is 911. The molecule has 0 saturated heterocycles. The first-order chi connectivity index (χ1) is 13.0. The minimum Gasteiger partial charge on any atom is -0.351 e. The molecule has 1 amide bonds. The van der Waals surface area contributed by atoms with Crippen LogP contribution in [-0.2, 0) is 11.3 Å². The van der Waals surface area contributed by atoms with E-state index in [1.807, 2.05) is 12.1 Å². The SMILES string of the molecule is CC(Sc1ccc([N+](=O)[O-])cc1)C(=O)NCc1ccc(-n2ccnc2)nc1. The Morgan fingerprint density at radius 2 is 2.07 bits per heavy atom. The number of pyridine rings is 1. The maximum Gasteiger partial charge on any atom is 0.269 e. The molecular weight excluding hydrogens is 366 g/mol. The topological polar surface area (TPSA) is 103 Å². The maximum absolute atomic E-state index is 12.3. The average Bonchev–Trinajstić information content (AvgIpc) is 3.21. The van der Waals surface area contributed by atoms with Crippen molar-refractivity contribution >= 4 is 23.4 Å². The number of nitro benzene ring substituents is 1. The van der Waals surface area contributed by atoms with Crippen molar-refractivity contribution in [2.45, 2.75) is 23.6 Å². The van der Waals surface area contributed by atoms with Crippen LogP contribution in [0.5, 0.6) is 0 Å². The fourth-order valence-electron chi connectivity index (χ4n) is 2.31. The number of aromatic nitrogens is 3. The number of hydrogen-bond acceptors (Lipinski definition) is 6. The number of hydrogen-bond donors (Lipinski definition) is 1. The Morgan fingerprint density at radius 1 is 1.30 bits per heavy atom. The fourth-order valence-corrected chi connectivity index (χ4v) is 3.20. The summed E-state index contributed by atoms with van der Waals surface area (Å²) in [7, 11) is 0. The Kier molecular flexibility index (Phi) is 5.82. The van der Waals surface area contributed by atoms with Gasteiger partial charge in [-0.1, -0.05) is 6.07 Å². The quantitative estimate of drug-likeness (QED) is 0.382. The summed E-state index contributed by atoms with van der Waals surface area (Å²) < 4.78 is 1.80. The highest BCUT2D eigenvalue weighted by molar-refractivity contribution is 8.00. The van der Waals surface area contributed by atoms with Crippen molar-refractivity contribution < 1.29 is 9.72 Å². The summed E-state index contributed by atoms with van der Waals surface area (Å²) in [5.74, 6) is 0.640. The van der Waals surface area contributed by atoms with Crippen LogP contribution < -0.4 is 5.32 Å². The molecule has 1 aromatic carbocycles. The molecule has 0 radical (unpaired) electrons. The van der Waals surface area contributed by atoms with E-state index in [2.05, 4.69) is 15.3 Å². The molecule has 2 heterocycles. The van der Waals surface area contributed by atoms with Gasteiger partial charge in [-0.25, -0.2) is 9.97 Å². The molecule has 0 aliphatic carbocycles. The molecule has 0 fully saturated rings. The number of rotatable bonds is 7. The first kappa shape index (κ1) is 18.6. The summed E-state index contributed by atoms with van der Waals surface area (Å²) in [4.78, 5) is 31.6. The zero-order chi connectivity index (χ0) is 19.2. The molecule has 0 aliphatic heterocycles. The largest absolute Gasteiger partial charge is 0.351 e. The van der Waals surface area contributed by atoms with E-state index < -0.39 is 4.92 Å². The van der Waals surface area contributed by atoms with Gasteiger partial charge in [0, 0.05) is 42.2 Å². The zero-order valence-corrected chi connectivity index (χ0v) is 15.3. The third-order valence-corrected chi connectivity index (χ3v) is 4.89. The maximum atomic E-state index is 12.3. The summed E-state index contributed by atoms with van der Waals surface area (Å²) >= 11 is 1.35. The Balaban J connectivity index is 1.51. The van der Waals surface area contributed by atoms with Gasteiger partial charge < -0.3 is 5.32 Å². The van der Waals surface area contributed by atoms with Gasteiger partial charge in [-0.05, 0) is 30.7 Å². The Hall–Kier alpha value is -3.20. The van der Waals surface area contributed by atoms with Gasteiger partial charge in [-0.15, -0.1) is 11.8 Å². The van der Waals surface area contributed by atoms with Gasteiger partial charge in [0.1, 0.15) is 12.1 Å². The molecule has 138 valence electrons.